The molecule has 98 valence electrons. The number of nitrogens with one attached hydrogen (secondary N) is 2. The molecule has 1 atom stereocenters. The third-order valence-electron chi connectivity index (χ3n) is 3.09. The third kappa shape index (κ3) is 3.89. The molecule has 0 aromatic heterocycles. The van der Waals surface area contributed by atoms with E-state index in [0.717, 1.165) is 32.4 Å². The fraction of sp³-hybridized carbons (Fsp3) is 0.818. The van der Waals surface area contributed by atoms with Crippen molar-refractivity contribution >= 4 is 12.0 Å². The van der Waals surface area contributed by atoms with E-state index in [1.165, 1.54) is 0 Å². The molecular formula is C11H21N3O3. The first kappa shape index (κ1) is 13.8. The van der Waals surface area contributed by atoms with Gasteiger partial charge >= 0.3 is 6.09 Å². The molecule has 0 aromatic rings. The van der Waals surface area contributed by atoms with Gasteiger partial charge in [-0.3, -0.25) is 4.79 Å². The molecule has 2 amide bonds. The van der Waals surface area contributed by atoms with Crippen molar-refractivity contribution in [3.63, 3.8) is 0 Å². The summed E-state index contributed by atoms with van der Waals surface area (Å²) in [5.74, 6) is 0.0393. The Kier molecular flexibility index (Phi) is 5.21. The van der Waals surface area contributed by atoms with E-state index in [-0.39, 0.29) is 17.9 Å². The quantitative estimate of drug-likeness (QED) is 0.571. The highest BCUT2D eigenvalue weighted by Crippen LogP contribution is 2.31. The standard InChI is InChI=1S/C11H21N3O3/c1-2-3-11(4-5-13-8-11)9(15)14-6-7-17-10(12)16/h13H,2-8H2,1H3,(H2,12,16)(H,14,15). The van der Waals surface area contributed by atoms with Gasteiger partial charge in [0.2, 0.25) is 5.91 Å². The highest BCUT2D eigenvalue weighted by atomic mass is 16.5. The van der Waals surface area contributed by atoms with Gasteiger partial charge in [-0.25, -0.2) is 4.79 Å². The number of carbonyl (C=O) groups is 2. The van der Waals surface area contributed by atoms with Crippen molar-refractivity contribution in [3.8, 4) is 0 Å². The van der Waals surface area contributed by atoms with Gasteiger partial charge in [0, 0.05) is 6.54 Å². The Morgan fingerprint density at radius 1 is 1.53 bits per heavy atom. The molecule has 1 heterocycles. The molecule has 0 spiro atoms. The number of ether oxygens (including phenoxy) is 1. The second-order valence-electron chi connectivity index (χ2n) is 4.38. The second-order valence-corrected chi connectivity index (χ2v) is 4.38. The van der Waals surface area contributed by atoms with E-state index in [2.05, 4.69) is 22.3 Å². The lowest BCUT2D eigenvalue weighted by atomic mass is 9.81. The van der Waals surface area contributed by atoms with Crippen LogP contribution in [0.1, 0.15) is 26.2 Å². The molecule has 0 aliphatic carbocycles. The van der Waals surface area contributed by atoms with Crippen molar-refractivity contribution < 1.29 is 14.3 Å². The number of rotatable bonds is 6. The molecule has 1 saturated heterocycles. The number of nitrogens with two attached hydrogens (primary N) is 1. The Balaban J connectivity index is 2.35. The van der Waals surface area contributed by atoms with Crippen LogP contribution < -0.4 is 16.4 Å². The number of carbonyl (C=O) groups excluding carboxylic acids is 2. The predicted molar refractivity (Wildman–Crippen MR) is 63.4 cm³/mol. The van der Waals surface area contributed by atoms with Gasteiger partial charge in [-0.2, -0.15) is 0 Å². The topological polar surface area (TPSA) is 93.4 Å². The van der Waals surface area contributed by atoms with E-state index in [1.54, 1.807) is 0 Å². The molecule has 1 unspecified atom stereocenters. The lowest BCUT2D eigenvalue weighted by Gasteiger charge is -2.26. The second kappa shape index (κ2) is 6.44. The summed E-state index contributed by atoms with van der Waals surface area (Å²) < 4.78 is 4.56. The normalized spacial score (nSPS) is 23.4. The van der Waals surface area contributed by atoms with Crippen LogP contribution in [0.3, 0.4) is 0 Å². The summed E-state index contributed by atoms with van der Waals surface area (Å²) in [5.41, 5.74) is 4.53. The molecule has 4 N–H and O–H groups in total. The summed E-state index contributed by atoms with van der Waals surface area (Å²) in [6.07, 6.45) is 1.91. The van der Waals surface area contributed by atoms with Crippen LogP contribution in [0.2, 0.25) is 0 Å². The van der Waals surface area contributed by atoms with Crippen molar-refractivity contribution in [1.29, 1.82) is 0 Å². The van der Waals surface area contributed by atoms with Gasteiger partial charge in [-0.1, -0.05) is 13.3 Å². The van der Waals surface area contributed by atoms with E-state index in [1.807, 2.05) is 0 Å². The largest absolute Gasteiger partial charge is 0.448 e. The summed E-state index contributed by atoms with van der Waals surface area (Å²) in [4.78, 5) is 22.4. The van der Waals surface area contributed by atoms with Crippen LogP contribution in [-0.2, 0) is 9.53 Å². The highest BCUT2D eigenvalue weighted by molar-refractivity contribution is 5.83. The van der Waals surface area contributed by atoms with Crippen LogP contribution in [0.25, 0.3) is 0 Å². The fourth-order valence-electron chi connectivity index (χ4n) is 2.25. The van der Waals surface area contributed by atoms with Crippen LogP contribution in [0.4, 0.5) is 4.79 Å². The van der Waals surface area contributed by atoms with E-state index in [9.17, 15) is 9.59 Å². The maximum Gasteiger partial charge on any atom is 0.404 e. The van der Waals surface area contributed by atoms with Crippen LogP contribution in [-0.4, -0.2) is 38.2 Å². The average molecular weight is 243 g/mol. The first-order valence-electron chi connectivity index (χ1n) is 6.02. The molecule has 17 heavy (non-hydrogen) atoms. The zero-order chi connectivity index (χ0) is 12.7. The fourth-order valence-corrected chi connectivity index (χ4v) is 2.25. The molecule has 6 heteroatoms. The van der Waals surface area contributed by atoms with Crippen LogP contribution >= 0.6 is 0 Å². The van der Waals surface area contributed by atoms with Gasteiger partial charge < -0.3 is 21.1 Å². The SMILES string of the molecule is CCCC1(C(=O)NCCOC(N)=O)CCNC1. The first-order chi connectivity index (χ1) is 8.10. The van der Waals surface area contributed by atoms with Crippen molar-refractivity contribution in [2.45, 2.75) is 26.2 Å². The monoisotopic (exact) mass is 243 g/mol. The molecule has 0 saturated carbocycles. The maximum absolute atomic E-state index is 12.1. The third-order valence-corrected chi connectivity index (χ3v) is 3.09. The van der Waals surface area contributed by atoms with E-state index >= 15 is 0 Å². The van der Waals surface area contributed by atoms with Gasteiger partial charge in [0.1, 0.15) is 6.61 Å². The minimum Gasteiger partial charge on any atom is -0.448 e. The summed E-state index contributed by atoms with van der Waals surface area (Å²) in [6, 6.07) is 0. The lowest BCUT2D eigenvalue weighted by molar-refractivity contribution is -0.130. The summed E-state index contributed by atoms with van der Waals surface area (Å²) in [6.45, 7) is 4.11. The Morgan fingerprint density at radius 3 is 2.82 bits per heavy atom. The molecule has 0 bridgehead atoms. The Labute approximate surface area is 101 Å². The van der Waals surface area contributed by atoms with Gasteiger partial charge in [-0.15, -0.1) is 0 Å². The number of primary amides is 1. The minimum absolute atomic E-state index is 0.0393. The summed E-state index contributed by atoms with van der Waals surface area (Å²) in [7, 11) is 0. The van der Waals surface area contributed by atoms with Crippen LogP contribution in [0.15, 0.2) is 0 Å². The number of amides is 2. The zero-order valence-electron chi connectivity index (χ0n) is 10.3. The smallest absolute Gasteiger partial charge is 0.404 e. The molecule has 6 nitrogen and oxygen atoms in total. The Morgan fingerprint density at radius 2 is 2.29 bits per heavy atom. The van der Waals surface area contributed by atoms with Crippen LogP contribution in [0.5, 0.6) is 0 Å². The van der Waals surface area contributed by atoms with Crippen LogP contribution in [0, 0.1) is 5.41 Å². The van der Waals surface area contributed by atoms with Crippen molar-refractivity contribution in [1.82, 2.24) is 10.6 Å². The zero-order valence-corrected chi connectivity index (χ0v) is 10.3. The number of hydrogen-bond acceptors (Lipinski definition) is 4. The first-order valence-corrected chi connectivity index (χ1v) is 6.02. The van der Waals surface area contributed by atoms with Crippen molar-refractivity contribution in [3.05, 3.63) is 0 Å². The molecule has 1 aliphatic rings. The van der Waals surface area contributed by atoms with E-state index in [0.29, 0.717) is 6.54 Å². The highest BCUT2D eigenvalue weighted by Gasteiger charge is 2.39. The molecule has 0 aromatic carbocycles. The minimum atomic E-state index is -0.815. The Hall–Kier alpha value is -1.30. The van der Waals surface area contributed by atoms with E-state index < -0.39 is 6.09 Å². The van der Waals surface area contributed by atoms with E-state index in [4.69, 9.17) is 5.73 Å². The predicted octanol–water partition coefficient (Wildman–Crippen LogP) is -0.0223. The van der Waals surface area contributed by atoms with Gasteiger partial charge in [0.05, 0.1) is 12.0 Å². The van der Waals surface area contributed by atoms with Gasteiger partial charge in [0.25, 0.3) is 0 Å². The lowest BCUT2D eigenvalue weighted by Crippen LogP contribution is -2.43. The summed E-state index contributed by atoms with van der Waals surface area (Å²) in [5, 5.41) is 6.02. The van der Waals surface area contributed by atoms with Crippen molar-refractivity contribution in [2.24, 2.45) is 11.1 Å². The van der Waals surface area contributed by atoms with Crippen molar-refractivity contribution in [2.75, 3.05) is 26.2 Å². The summed E-state index contributed by atoms with van der Waals surface area (Å²) >= 11 is 0. The molecule has 0 radical (unpaired) electrons. The van der Waals surface area contributed by atoms with Gasteiger partial charge in [-0.05, 0) is 19.4 Å². The number of hydrogen-bond donors (Lipinski definition) is 3. The molecule has 1 fully saturated rings. The molecule has 1 aliphatic heterocycles. The maximum atomic E-state index is 12.1. The Bertz CT molecular complexity index is 275. The molecule has 1 rings (SSSR count). The average Bonchev–Trinajstić information content (AvgIpc) is 2.74. The molecular weight excluding hydrogens is 222 g/mol. The van der Waals surface area contributed by atoms with Gasteiger partial charge in [0.15, 0.2) is 0 Å².